The van der Waals surface area contributed by atoms with Crippen LogP contribution in [0.5, 0.6) is 11.5 Å². The standard InChI is InChI=1S/C23H24Br4N4O2/c24-16-10-14(22-28-4-5-29-22)11-17(25)20(16)32-8-2-1-3-9-33-21-18(26)12-15(13-19(21)27)23-30-6-7-31-23/h10-13H,1-9H2,(H,28,29)(H,30,31). The first-order valence-electron chi connectivity index (χ1n) is 10.8. The van der Waals surface area contributed by atoms with Crippen molar-refractivity contribution in [2.45, 2.75) is 19.3 Å². The van der Waals surface area contributed by atoms with Crippen LogP contribution in [0.1, 0.15) is 30.4 Å². The number of amidine groups is 2. The number of ether oxygens (including phenoxy) is 2. The Labute approximate surface area is 227 Å². The summed E-state index contributed by atoms with van der Waals surface area (Å²) in [6.45, 7) is 4.70. The Kier molecular flexibility index (Phi) is 9.12. The third-order valence-corrected chi connectivity index (χ3v) is 7.53. The fraction of sp³-hybridized carbons (Fsp3) is 0.391. The maximum Gasteiger partial charge on any atom is 0.147 e. The van der Waals surface area contributed by atoms with Crippen molar-refractivity contribution in [1.29, 1.82) is 0 Å². The lowest BCUT2D eigenvalue weighted by molar-refractivity contribution is 0.276. The maximum atomic E-state index is 6.02. The van der Waals surface area contributed by atoms with Crippen LogP contribution >= 0.6 is 63.7 Å². The summed E-state index contributed by atoms with van der Waals surface area (Å²) < 4.78 is 15.7. The van der Waals surface area contributed by atoms with Gasteiger partial charge in [0, 0.05) is 24.2 Å². The van der Waals surface area contributed by atoms with E-state index in [9.17, 15) is 0 Å². The van der Waals surface area contributed by atoms with Crippen molar-refractivity contribution in [2.75, 3.05) is 39.4 Å². The average Bonchev–Trinajstić information content (AvgIpc) is 3.50. The highest BCUT2D eigenvalue weighted by molar-refractivity contribution is 9.11. The molecule has 2 aliphatic heterocycles. The largest absolute Gasteiger partial charge is 0.491 e. The van der Waals surface area contributed by atoms with Gasteiger partial charge in [-0.1, -0.05) is 0 Å². The lowest BCUT2D eigenvalue weighted by Gasteiger charge is -2.14. The first-order valence-corrected chi connectivity index (χ1v) is 14.0. The molecule has 0 bridgehead atoms. The normalized spacial score (nSPS) is 15.0. The molecular formula is C23H24Br4N4O2. The average molecular weight is 708 g/mol. The summed E-state index contributed by atoms with van der Waals surface area (Å²) >= 11 is 14.5. The van der Waals surface area contributed by atoms with E-state index in [2.05, 4.69) is 84.3 Å². The summed E-state index contributed by atoms with van der Waals surface area (Å²) in [5.41, 5.74) is 2.10. The molecule has 0 unspecified atom stereocenters. The van der Waals surface area contributed by atoms with Gasteiger partial charge in [0.2, 0.25) is 0 Å². The van der Waals surface area contributed by atoms with Gasteiger partial charge in [-0.05, 0) is 107 Å². The Morgan fingerprint density at radius 3 is 1.36 bits per heavy atom. The summed E-state index contributed by atoms with van der Waals surface area (Å²) in [6, 6.07) is 8.17. The molecule has 0 aliphatic carbocycles. The second-order valence-corrected chi connectivity index (χ2v) is 11.0. The molecule has 2 N–H and O–H groups in total. The minimum absolute atomic E-state index is 0.646. The Bertz CT molecular complexity index is 945. The Balaban J connectivity index is 1.20. The zero-order valence-corrected chi connectivity index (χ0v) is 24.2. The Hall–Kier alpha value is -1.10. The molecule has 0 saturated heterocycles. The van der Waals surface area contributed by atoms with Crippen molar-refractivity contribution in [2.24, 2.45) is 9.98 Å². The molecule has 0 spiro atoms. The molecule has 0 aromatic heterocycles. The smallest absolute Gasteiger partial charge is 0.147 e. The fourth-order valence-electron chi connectivity index (χ4n) is 3.58. The molecular weight excluding hydrogens is 684 g/mol. The quantitative estimate of drug-likeness (QED) is 0.295. The van der Waals surface area contributed by atoms with E-state index in [1.807, 2.05) is 24.3 Å². The van der Waals surface area contributed by atoms with Gasteiger partial charge in [0.15, 0.2) is 0 Å². The van der Waals surface area contributed by atoms with Gasteiger partial charge in [0.25, 0.3) is 0 Å². The van der Waals surface area contributed by atoms with Crippen LogP contribution in [0.4, 0.5) is 0 Å². The van der Waals surface area contributed by atoms with E-state index < -0.39 is 0 Å². The van der Waals surface area contributed by atoms with E-state index in [0.29, 0.717) is 13.2 Å². The van der Waals surface area contributed by atoms with Crippen LogP contribution in [0.3, 0.4) is 0 Å². The monoisotopic (exact) mass is 704 g/mol. The number of benzene rings is 2. The van der Waals surface area contributed by atoms with Crippen LogP contribution in [0, 0.1) is 0 Å². The number of nitrogens with one attached hydrogen (secondary N) is 2. The molecule has 10 heteroatoms. The van der Waals surface area contributed by atoms with E-state index in [4.69, 9.17) is 9.47 Å². The molecule has 0 fully saturated rings. The van der Waals surface area contributed by atoms with Gasteiger partial charge in [-0.2, -0.15) is 0 Å². The second-order valence-electron chi connectivity index (χ2n) is 7.61. The van der Waals surface area contributed by atoms with E-state index in [-0.39, 0.29) is 0 Å². The Morgan fingerprint density at radius 1 is 0.636 bits per heavy atom. The van der Waals surface area contributed by atoms with Gasteiger partial charge < -0.3 is 20.1 Å². The predicted molar refractivity (Wildman–Crippen MR) is 147 cm³/mol. The topological polar surface area (TPSA) is 67.2 Å². The molecule has 2 aromatic rings. The highest BCUT2D eigenvalue weighted by Crippen LogP contribution is 2.36. The molecule has 2 heterocycles. The van der Waals surface area contributed by atoms with Crippen LogP contribution in [0.2, 0.25) is 0 Å². The SMILES string of the molecule is Brc1cc(C2=NCCN2)cc(Br)c1OCCCCCOc1c(Br)cc(C2=NCCN2)cc1Br. The number of halogens is 4. The van der Waals surface area contributed by atoms with Crippen molar-refractivity contribution in [3.8, 4) is 11.5 Å². The summed E-state index contributed by atoms with van der Waals surface area (Å²) in [5, 5.41) is 6.59. The zero-order chi connectivity index (χ0) is 23.2. The number of hydrogen-bond donors (Lipinski definition) is 2. The van der Waals surface area contributed by atoms with E-state index in [1.54, 1.807) is 0 Å². The summed E-state index contributed by atoms with van der Waals surface area (Å²) in [5.74, 6) is 3.51. The third kappa shape index (κ3) is 6.52. The minimum atomic E-state index is 0.646. The third-order valence-electron chi connectivity index (χ3n) is 5.17. The predicted octanol–water partition coefficient (Wildman–Crippen LogP) is 6.06. The molecule has 176 valence electrons. The summed E-state index contributed by atoms with van der Waals surface area (Å²) in [7, 11) is 0. The van der Waals surface area contributed by atoms with Crippen LogP contribution in [-0.4, -0.2) is 51.1 Å². The van der Waals surface area contributed by atoms with Gasteiger partial charge in [0.05, 0.1) is 44.2 Å². The molecule has 0 amide bonds. The first-order chi connectivity index (χ1) is 16.0. The molecule has 2 aliphatic rings. The molecule has 2 aromatic carbocycles. The minimum Gasteiger partial charge on any atom is -0.491 e. The van der Waals surface area contributed by atoms with Gasteiger partial charge in [-0.3, -0.25) is 9.98 Å². The summed E-state index contributed by atoms with van der Waals surface area (Å²) in [6.07, 6.45) is 2.91. The maximum absolute atomic E-state index is 6.02. The number of unbranched alkanes of at least 4 members (excludes halogenated alkanes) is 2. The van der Waals surface area contributed by atoms with Crippen molar-refractivity contribution in [3.05, 3.63) is 53.3 Å². The molecule has 0 atom stereocenters. The van der Waals surface area contributed by atoms with E-state index in [0.717, 1.165) is 97.6 Å². The van der Waals surface area contributed by atoms with Gasteiger partial charge >= 0.3 is 0 Å². The van der Waals surface area contributed by atoms with Crippen LogP contribution in [0.25, 0.3) is 0 Å². The number of aliphatic imine (C=N–C) groups is 2. The van der Waals surface area contributed by atoms with Crippen LogP contribution in [0.15, 0.2) is 52.1 Å². The second kappa shape index (κ2) is 12.0. The van der Waals surface area contributed by atoms with Crippen molar-refractivity contribution in [1.82, 2.24) is 10.6 Å². The molecule has 0 radical (unpaired) electrons. The van der Waals surface area contributed by atoms with Crippen LogP contribution in [-0.2, 0) is 0 Å². The molecule has 4 rings (SSSR count). The van der Waals surface area contributed by atoms with Gasteiger partial charge in [-0.15, -0.1) is 0 Å². The molecule has 6 nitrogen and oxygen atoms in total. The lowest BCUT2D eigenvalue weighted by atomic mass is 10.2. The number of hydrogen-bond acceptors (Lipinski definition) is 6. The summed E-state index contributed by atoms with van der Waals surface area (Å²) in [4.78, 5) is 8.95. The highest BCUT2D eigenvalue weighted by Gasteiger charge is 2.15. The molecule has 0 saturated carbocycles. The van der Waals surface area contributed by atoms with Gasteiger partial charge in [0.1, 0.15) is 23.2 Å². The zero-order valence-electron chi connectivity index (χ0n) is 17.9. The van der Waals surface area contributed by atoms with Gasteiger partial charge in [-0.25, -0.2) is 0 Å². The van der Waals surface area contributed by atoms with Crippen molar-refractivity contribution in [3.63, 3.8) is 0 Å². The first kappa shape index (κ1) is 25.0. The van der Waals surface area contributed by atoms with E-state index >= 15 is 0 Å². The van der Waals surface area contributed by atoms with E-state index in [1.165, 1.54) is 0 Å². The number of rotatable bonds is 10. The lowest BCUT2D eigenvalue weighted by Crippen LogP contribution is -2.19. The highest BCUT2D eigenvalue weighted by atomic mass is 79.9. The molecule has 33 heavy (non-hydrogen) atoms. The van der Waals surface area contributed by atoms with Crippen molar-refractivity contribution >= 4 is 75.4 Å². The Morgan fingerprint density at radius 2 is 1.03 bits per heavy atom. The fourth-order valence-corrected chi connectivity index (χ4v) is 6.41. The van der Waals surface area contributed by atoms with Crippen LogP contribution < -0.4 is 20.1 Å². The number of nitrogens with zero attached hydrogens (tertiary/aromatic N) is 2. The van der Waals surface area contributed by atoms with Crippen molar-refractivity contribution < 1.29 is 9.47 Å².